The molecular weight excluding hydrogens is 202 g/mol. The van der Waals surface area contributed by atoms with Gasteiger partial charge in [0.15, 0.2) is 0 Å². The van der Waals surface area contributed by atoms with Gasteiger partial charge < -0.3 is 10.1 Å². The summed E-state index contributed by atoms with van der Waals surface area (Å²) >= 11 is 0. The lowest BCUT2D eigenvalue weighted by Crippen LogP contribution is -2.22. The van der Waals surface area contributed by atoms with Crippen LogP contribution < -0.4 is 5.32 Å². The van der Waals surface area contributed by atoms with E-state index in [1.165, 1.54) is 19.3 Å². The van der Waals surface area contributed by atoms with Gasteiger partial charge in [0.05, 0.1) is 12.5 Å². The molecule has 3 nitrogen and oxygen atoms in total. The van der Waals surface area contributed by atoms with Crippen LogP contribution in [0, 0.1) is 5.92 Å². The van der Waals surface area contributed by atoms with Crippen molar-refractivity contribution < 1.29 is 9.53 Å². The molecule has 0 aromatic rings. The standard InChI is InChI=1S/C13H25NO2/c1-2-9-14-10-6-11-16-13(15)12-7-4-3-5-8-12/h12,14H,2-11H2,1H3. The maximum atomic E-state index is 11.6. The van der Waals surface area contributed by atoms with Crippen LogP contribution in [0.5, 0.6) is 0 Å². The van der Waals surface area contributed by atoms with Crippen molar-refractivity contribution in [3.8, 4) is 0 Å². The third kappa shape index (κ3) is 5.50. The highest BCUT2D eigenvalue weighted by atomic mass is 16.5. The highest BCUT2D eigenvalue weighted by molar-refractivity contribution is 5.72. The summed E-state index contributed by atoms with van der Waals surface area (Å²) in [5, 5.41) is 3.30. The summed E-state index contributed by atoms with van der Waals surface area (Å²) in [6.45, 7) is 4.73. The fourth-order valence-electron chi connectivity index (χ4n) is 2.13. The first-order valence-corrected chi connectivity index (χ1v) is 6.72. The Labute approximate surface area is 98.9 Å². The molecule has 0 amide bonds. The zero-order chi connectivity index (χ0) is 11.6. The third-order valence-electron chi connectivity index (χ3n) is 3.11. The molecule has 3 heteroatoms. The average molecular weight is 227 g/mol. The van der Waals surface area contributed by atoms with Gasteiger partial charge in [0.1, 0.15) is 0 Å². The molecule has 0 radical (unpaired) electrons. The summed E-state index contributed by atoms with van der Waals surface area (Å²) in [6, 6.07) is 0. The molecule has 0 aliphatic heterocycles. The smallest absolute Gasteiger partial charge is 0.308 e. The van der Waals surface area contributed by atoms with E-state index in [1.807, 2.05) is 0 Å². The molecule has 1 saturated carbocycles. The minimum atomic E-state index is 0.0372. The van der Waals surface area contributed by atoms with Crippen molar-refractivity contribution in [2.24, 2.45) is 5.92 Å². The summed E-state index contributed by atoms with van der Waals surface area (Å²) in [5.74, 6) is 0.229. The topological polar surface area (TPSA) is 38.3 Å². The second kappa shape index (κ2) is 8.57. The van der Waals surface area contributed by atoms with Gasteiger partial charge in [-0.2, -0.15) is 0 Å². The first-order valence-electron chi connectivity index (χ1n) is 6.72. The Kier molecular flexibility index (Phi) is 7.23. The summed E-state index contributed by atoms with van der Waals surface area (Å²) in [5.41, 5.74) is 0. The number of esters is 1. The molecule has 0 unspecified atom stereocenters. The lowest BCUT2D eigenvalue weighted by atomic mass is 9.89. The second-order valence-corrected chi connectivity index (χ2v) is 4.61. The quantitative estimate of drug-likeness (QED) is 0.536. The van der Waals surface area contributed by atoms with Crippen LogP contribution in [0.2, 0.25) is 0 Å². The number of carbonyl (C=O) groups is 1. The summed E-state index contributed by atoms with van der Waals surface area (Å²) < 4.78 is 5.28. The van der Waals surface area contributed by atoms with Crippen LogP contribution in [-0.2, 0) is 9.53 Å². The Bertz CT molecular complexity index is 188. The second-order valence-electron chi connectivity index (χ2n) is 4.61. The van der Waals surface area contributed by atoms with Crippen LogP contribution >= 0.6 is 0 Å². The number of nitrogens with one attached hydrogen (secondary N) is 1. The van der Waals surface area contributed by atoms with Gasteiger partial charge >= 0.3 is 5.97 Å². The predicted molar refractivity (Wildman–Crippen MR) is 65.3 cm³/mol. The molecule has 1 rings (SSSR count). The van der Waals surface area contributed by atoms with Gasteiger partial charge in [0, 0.05) is 0 Å². The molecule has 1 aliphatic carbocycles. The van der Waals surface area contributed by atoms with E-state index in [4.69, 9.17) is 4.74 Å². The lowest BCUT2D eigenvalue weighted by molar-refractivity contribution is -0.149. The molecule has 0 heterocycles. The molecule has 0 saturated heterocycles. The van der Waals surface area contributed by atoms with Gasteiger partial charge in [-0.05, 0) is 38.8 Å². The third-order valence-corrected chi connectivity index (χ3v) is 3.11. The van der Waals surface area contributed by atoms with E-state index < -0.39 is 0 Å². The Morgan fingerprint density at radius 1 is 1.25 bits per heavy atom. The van der Waals surface area contributed by atoms with Crippen molar-refractivity contribution in [3.05, 3.63) is 0 Å². The normalized spacial score (nSPS) is 17.3. The van der Waals surface area contributed by atoms with Gasteiger partial charge in [0.25, 0.3) is 0 Å². The van der Waals surface area contributed by atoms with E-state index in [9.17, 15) is 4.79 Å². The summed E-state index contributed by atoms with van der Waals surface area (Å²) in [7, 11) is 0. The molecule has 0 aromatic heterocycles. The van der Waals surface area contributed by atoms with E-state index in [0.717, 1.165) is 38.8 Å². The van der Waals surface area contributed by atoms with Gasteiger partial charge in [-0.25, -0.2) is 0 Å². The van der Waals surface area contributed by atoms with Gasteiger partial charge in [-0.1, -0.05) is 26.2 Å². The van der Waals surface area contributed by atoms with E-state index in [0.29, 0.717) is 6.61 Å². The highest BCUT2D eigenvalue weighted by Crippen LogP contribution is 2.24. The fourth-order valence-corrected chi connectivity index (χ4v) is 2.13. The molecule has 0 bridgehead atoms. The zero-order valence-corrected chi connectivity index (χ0v) is 10.5. The lowest BCUT2D eigenvalue weighted by Gasteiger charge is -2.19. The summed E-state index contributed by atoms with van der Waals surface area (Å²) in [4.78, 5) is 11.6. The fraction of sp³-hybridized carbons (Fsp3) is 0.923. The van der Waals surface area contributed by atoms with Crippen LogP contribution in [0.15, 0.2) is 0 Å². The predicted octanol–water partition coefficient (Wildman–Crippen LogP) is 2.50. The maximum absolute atomic E-state index is 11.6. The Balaban J connectivity index is 1.97. The van der Waals surface area contributed by atoms with Gasteiger partial charge in [-0.15, -0.1) is 0 Å². The molecule has 16 heavy (non-hydrogen) atoms. The van der Waals surface area contributed by atoms with Crippen molar-refractivity contribution in [2.45, 2.75) is 51.9 Å². The molecule has 1 N–H and O–H groups in total. The number of carbonyl (C=O) groups excluding carboxylic acids is 1. The van der Waals surface area contributed by atoms with Gasteiger partial charge in [-0.3, -0.25) is 4.79 Å². The van der Waals surface area contributed by atoms with Gasteiger partial charge in [0.2, 0.25) is 0 Å². The molecule has 94 valence electrons. The number of hydrogen-bond acceptors (Lipinski definition) is 3. The molecule has 0 atom stereocenters. The average Bonchev–Trinajstić information content (AvgIpc) is 2.34. The van der Waals surface area contributed by atoms with Crippen molar-refractivity contribution in [1.82, 2.24) is 5.32 Å². The number of ether oxygens (including phenoxy) is 1. The molecule has 1 fully saturated rings. The van der Waals surface area contributed by atoms with E-state index in [1.54, 1.807) is 0 Å². The number of rotatable bonds is 7. The number of hydrogen-bond donors (Lipinski definition) is 1. The largest absolute Gasteiger partial charge is 0.465 e. The Morgan fingerprint density at radius 3 is 2.69 bits per heavy atom. The monoisotopic (exact) mass is 227 g/mol. The molecule has 0 spiro atoms. The van der Waals surface area contributed by atoms with Crippen LogP contribution in [0.1, 0.15) is 51.9 Å². The van der Waals surface area contributed by atoms with Crippen LogP contribution in [0.4, 0.5) is 0 Å². The first kappa shape index (κ1) is 13.5. The van der Waals surface area contributed by atoms with Crippen molar-refractivity contribution >= 4 is 5.97 Å². The highest BCUT2D eigenvalue weighted by Gasteiger charge is 2.21. The minimum absolute atomic E-state index is 0.0372. The minimum Gasteiger partial charge on any atom is -0.465 e. The Hall–Kier alpha value is -0.570. The maximum Gasteiger partial charge on any atom is 0.308 e. The van der Waals surface area contributed by atoms with Crippen molar-refractivity contribution in [3.63, 3.8) is 0 Å². The SMILES string of the molecule is CCCNCCCOC(=O)C1CCCCC1. The van der Waals surface area contributed by atoms with E-state index in [-0.39, 0.29) is 11.9 Å². The van der Waals surface area contributed by atoms with E-state index in [2.05, 4.69) is 12.2 Å². The van der Waals surface area contributed by atoms with Crippen LogP contribution in [0.25, 0.3) is 0 Å². The molecule has 0 aromatic carbocycles. The summed E-state index contributed by atoms with van der Waals surface area (Å²) in [6.07, 6.45) is 7.82. The molecular formula is C13H25NO2. The Morgan fingerprint density at radius 2 is 2.00 bits per heavy atom. The zero-order valence-electron chi connectivity index (χ0n) is 10.5. The van der Waals surface area contributed by atoms with E-state index >= 15 is 0 Å². The first-order chi connectivity index (χ1) is 7.84. The van der Waals surface area contributed by atoms with Crippen molar-refractivity contribution in [1.29, 1.82) is 0 Å². The van der Waals surface area contributed by atoms with Crippen LogP contribution in [-0.4, -0.2) is 25.7 Å². The van der Waals surface area contributed by atoms with Crippen LogP contribution in [0.3, 0.4) is 0 Å². The van der Waals surface area contributed by atoms with Crippen molar-refractivity contribution in [2.75, 3.05) is 19.7 Å². The molecule has 1 aliphatic rings.